The van der Waals surface area contributed by atoms with Gasteiger partial charge in [-0.1, -0.05) is 82.8 Å². The normalized spacial score (nSPS) is 14.3. The highest BCUT2D eigenvalue weighted by molar-refractivity contribution is 7.22. The number of aryl methyl sites for hydroxylation is 4. The number of thiophene rings is 2. The number of nitrogens with zero attached hydrogens (tertiary/aromatic N) is 2. The molecule has 0 atom stereocenters. The van der Waals surface area contributed by atoms with Gasteiger partial charge < -0.3 is 0 Å². The van der Waals surface area contributed by atoms with Gasteiger partial charge in [0.25, 0.3) is 0 Å². The van der Waals surface area contributed by atoms with Crippen LogP contribution in [0.15, 0.2) is 84.9 Å². The molecule has 0 unspecified atom stereocenters. The summed E-state index contributed by atoms with van der Waals surface area (Å²) in [6.07, 6.45) is 4.00. The third-order valence-corrected chi connectivity index (χ3v) is 17.5. The van der Waals surface area contributed by atoms with E-state index in [1.54, 1.807) is 34.8 Å². The van der Waals surface area contributed by atoms with E-state index in [9.17, 15) is 19.2 Å². The third-order valence-electron chi connectivity index (χ3n) is 12.0. The molecule has 2 aliphatic rings. The van der Waals surface area contributed by atoms with Crippen molar-refractivity contribution in [3.8, 4) is 22.3 Å². The fourth-order valence-corrected chi connectivity index (χ4v) is 13.9. The lowest BCUT2D eigenvalue weighted by Gasteiger charge is -2.16. The highest BCUT2D eigenvalue weighted by atomic mass is 35.5. The van der Waals surface area contributed by atoms with E-state index in [0.29, 0.717) is 9.06 Å². The van der Waals surface area contributed by atoms with Gasteiger partial charge in [-0.25, -0.2) is 9.97 Å². The molecule has 66 heavy (non-hydrogen) atoms. The molecule has 4 aromatic heterocycles. The van der Waals surface area contributed by atoms with Gasteiger partial charge in [0.1, 0.15) is 10.0 Å². The van der Waals surface area contributed by atoms with E-state index in [1.165, 1.54) is 46.9 Å². The maximum absolute atomic E-state index is 13.5. The lowest BCUT2D eigenvalue weighted by atomic mass is 9.90. The van der Waals surface area contributed by atoms with Gasteiger partial charge in [0.15, 0.2) is 23.1 Å². The molecule has 14 heteroatoms. The fraction of sp³-hybridized carbons (Fsp3) is 0.0769. The van der Waals surface area contributed by atoms with E-state index in [4.69, 9.17) is 56.4 Å². The molecule has 0 spiro atoms. The highest BCUT2D eigenvalue weighted by Crippen LogP contribution is 2.50. The molecule has 0 amide bonds. The molecular weight excluding hydrogens is 987 g/mol. The largest absolute Gasteiger partial charge is 0.288 e. The number of Topliss-reactive ketones (excluding diaryl/α,β-unsaturated/α-hetero) is 4. The van der Waals surface area contributed by atoms with Crippen molar-refractivity contribution in [1.29, 1.82) is 0 Å². The third kappa shape index (κ3) is 6.84. The predicted molar refractivity (Wildman–Crippen MR) is 274 cm³/mol. The van der Waals surface area contributed by atoms with E-state index in [2.05, 4.69) is 64.1 Å². The second-order valence-corrected chi connectivity index (χ2v) is 22.0. The smallest absolute Gasteiger partial charge is 0.199 e. The maximum Gasteiger partial charge on any atom is 0.199 e. The molecule has 6 nitrogen and oxygen atoms in total. The Balaban J connectivity index is 1.13. The summed E-state index contributed by atoms with van der Waals surface area (Å²) in [7, 11) is 0. The van der Waals surface area contributed by atoms with Gasteiger partial charge >= 0.3 is 0 Å². The van der Waals surface area contributed by atoms with Crippen LogP contribution in [0.2, 0.25) is 20.1 Å². The van der Waals surface area contributed by atoms with Gasteiger partial charge in [-0.3, -0.25) is 19.2 Å². The van der Waals surface area contributed by atoms with E-state index in [0.717, 1.165) is 84.0 Å². The second-order valence-electron chi connectivity index (χ2n) is 16.1. The summed E-state index contributed by atoms with van der Waals surface area (Å²) in [5.41, 5.74) is 11.4. The standard InChI is InChI=1S/C52H28Cl4N2O4S4/c1-21-7-5-8-22(2)39(21)43-45-52(66-37(57-45)15-25-11-13-35(63-25)41-47(59)27-17-31(53)32(54)18-28(27)48(41)60)44(40-23(3)9-6-10-24(40)4)46-51(43)65-38(58-46)16-26-12-14-36(64-26)42-49(61)29-19-33(55)34(56)20-30(29)50(42)62/h5-20H,1-4H3/b25-15+,26-16+. The number of hydrogen-bond donors (Lipinski definition) is 0. The number of carbonyl (C=O) groups is 4. The van der Waals surface area contributed by atoms with Crippen molar-refractivity contribution in [2.24, 2.45) is 0 Å². The number of carbonyl (C=O) groups excluding carboxylic acids is 4. The van der Waals surface area contributed by atoms with Gasteiger partial charge in [0.2, 0.25) is 0 Å². The van der Waals surface area contributed by atoms with Gasteiger partial charge in [0, 0.05) is 51.5 Å². The zero-order chi connectivity index (χ0) is 46.0. The summed E-state index contributed by atoms with van der Waals surface area (Å²) in [5.74, 6) is -1.49. The van der Waals surface area contributed by atoms with Crippen molar-refractivity contribution >= 4 is 159 Å². The van der Waals surface area contributed by atoms with Crippen LogP contribution in [0.25, 0.3) is 66.0 Å². The molecule has 11 rings (SSSR count). The lowest BCUT2D eigenvalue weighted by molar-refractivity contribution is 0.101. The molecule has 0 radical (unpaired) electrons. The molecular formula is C52H28Cl4N2O4S4. The summed E-state index contributed by atoms with van der Waals surface area (Å²) >= 11 is 30.8. The minimum atomic E-state index is -0.373. The fourth-order valence-electron chi connectivity index (χ4n) is 8.98. The summed E-state index contributed by atoms with van der Waals surface area (Å²) in [4.78, 5) is 65.0. The number of aromatic nitrogens is 2. The minimum Gasteiger partial charge on any atom is -0.288 e. The zero-order valence-corrected chi connectivity index (χ0v) is 41.2. The van der Waals surface area contributed by atoms with E-state index < -0.39 is 0 Å². The highest BCUT2D eigenvalue weighted by Gasteiger charge is 2.36. The molecule has 5 aromatic carbocycles. The first kappa shape index (κ1) is 43.2. The molecule has 0 saturated heterocycles. The molecule has 0 N–H and O–H groups in total. The summed E-state index contributed by atoms with van der Waals surface area (Å²) in [5, 5.41) is 2.38. The first-order valence-corrected chi connectivity index (χ1v) is 25.2. The van der Waals surface area contributed by atoms with Crippen molar-refractivity contribution in [3.05, 3.63) is 178 Å². The molecule has 322 valence electrons. The number of ketones is 4. The van der Waals surface area contributed by atoms with Crippen LogP contribution < -0.4 is 18.1 Å². The second kappa shape index (κ2) is 16.1. The Morgan fingerprint density at radius 1 is 0.424 bits per heavy atom. The first-order valence-electron chi connectivity index (χ1n) is 20.4. The van der Waals surface area contributed by atoms with Crippen molar-refractivity contribution in [3.63, 3.8) is 0 Å². The van der Waals surface area contributed by atoms with Gasteiger partial charge in [-0.15, -0.1) is 45.3 Å². The van der Waals surface area contributed by atoms with Crippen LogP contribution in [-0.2, 0) is 0 Å². The Kier molecular flexibility index (Phi) is 10.6. The number of hydrogen-bond acceptors (Lipinski definition) is 10. The first-order chi connectivity index (χ1) is 31.7. The van der Waals surface area contributed by atoms with E-state index in [1.807, 2.05) is 24.3 Å². The minimum absolute atomic E-state index is 0.102. The van der Waals surface area contributed by atoms with E-state index >= 15 is 0 Å². The van der Waals surface area contributed by atoms with Gasteiger partial charge in [-0.2, -0.15) is 0 Å². The van der Waals surface area contributed by atoms with Gasteiger partial charge in [0.05, 0.1) is 51.7 Å². The van der Waals surface area contributed by atoms with Crippen LogP contribution in [0, 0.1) is 27.7 Å². The Morgan fingerprint density at radius 2 is 0.742 bits per heavy atom. The molecule has 4 heterocycles. The summed E-state index contributed by atoms with van der Waals surface area (Å²) in [6, 6.07) is 25.8. The molecule has 9 aromatic rings. The number of benzene rings is 5. The van der Waals surface area contributed by atoms with Crippen LogP contribution in [0.5, 0.6) is 0 Å². The van der Waals surface area contributed by atoms with Gasteiger partial charge in [-0.05, 0) is 122 Å². The SMILES string of the molecule is Cc1cccc(C)c1-c1c2nc(/C=c3\ccc(=C4C(=O)c5cc(Cl)c(Cl)cc5C4=O)s3)sc2c(-c2c(C)cccc2C)c2nc(/C=c3\ccc(=C4C(=O)c5cc(Cl)c(Cl)cc5C4=O)s3)sc12. The Morgan fingerprint density at radius 3 is 1.06 bits per heavy atom. The zero-order valence-electron chi connectivity index (χ0n) is 34.9. The average Bonchev–Trinajstić information content (AvgIpc) is 4.14. The van der Waals surface area contributed by atoms with Crippen LogP contribution in [0.4, 0.5) is 0 Å². The van der Waals surface area contributed by atoms with Crippen LogP contribution in [-0.4, -0.2) is 33.1 Å². The Bertz CT molecular complexity index is 3590. The van der Waals surface area contributed by atoms with E-state index in [-0.39, 0.29) is 76.6 Å². The summed E-state index contributed by atoms with van der Waals surface area (Å²) in [6.45, 7) is 8.45. The molecule has 0 bridgehead atoms. The average molecular weight is 1010 g/mol. The lowest BCUT2D eigenvalue weighted by Crippen LogP contribution is -2.10. The predicted octanol–water partition coefficient (Wildman–Crippen LogP) is 12.3. The Hall–Kier alpha value is -5.40. The molecule has 0 aliphatic heterocycles. The van der Waals surface area contributed by atoms with Crippen LogP contribution >= 0.6 is 91.8 Å². The monoisotopic (exact) mass is 1010 g/mol. The molecule has 2 aliphatic carbocycles. The molecule has 0 fully saturated rings. The van der Waals surface area contributed by atoms with Crippen molar-refractivity contribution in [2.45, 2.75) is 27.7 Å². The summed E-state index contributed by atoms with van der Waals surface area (Å²) < 4.78 is 4.72. The van der Waals surface area contributed by atoms with Crippen LogP contribution in [0.1, 0.15) is 73.7 Å². The number of rotatable bonds is 4. The van der Waals surface area contributed by atoms with Crippen molar-refractivity contribution in [2.75, 3.05) is 0 Å². The van der Waals surface area contributed by atoms with Crippen LogP contribution in [0.3, 0.4) is 0 Å². The maximum atomic E-state index is 13.5. The molecule has 0 saturated carbocycles. The topological polar surface area (TPSA) is 94.1 Å². The van der Waals surface area contributed by atoms with Crippen molar-refractivity contribution < 1.29 is 19.2 Å². The number of thiazole rings is 2. The Labute approximate surface area is 412 Å². The quantitative estimate of drug-likeness (QED) is 0.174. The number of fused-ring (bicyclic) bond motifs is 4. The number of halogens is 4. The van der Waals surface area contributed by atoms with Crippen molar-refractivity contribution in [1.82, 2.24) is 9.97 Å².